The second kappa shape index (κ2) is 6.38. The van der Waals surface area contributed by atoms with Gasteiger partial charge in [0, 0.05) is 13.1 Å². The molecule has 3 rings (SSSR count). The fourth-order valence-corrected chi connectivity index (χ4v) is 5.11. The van der Waals surface area contributed by atoms with Crippen molar-refractivity contribution in [1.82, 2.24) is 14.4 Å². The molecule has 0 aromatic carbocycles. The molecule has 8 nitrogen and oxygen atoms in total. The third-order valence-corrected chi connectivity index (χ3v) is 6.36. The summed E-state index contributed by atoms with van der Waals surface area (Å²) in [7, 11) is -3.66. The van der Waals surface area contributed by atoms with Crippen LogP contribution in [0.25, 0.3) is 0 Å². The van der Waals surface area contributed by atoms with E-state index in [4.69, 9.17) is 9.26 Å². The summed E-state index contributed by atoms with van der Waals surface area (Å²) in [4.78, 5) is 16.2. The van der Waals surface area contributed by atoms with Gasteiger partial charge >= 0.3 is 5.97 Å². The van der Waals surface area contributed by atoms with Crippen molar-refractivity contribution in [3.8, 4) is 0 Å². The number of hydrogen-bond donors (Lipinski definition) is 0. The molecule has 1 aliphatic rings. The normalized spacial score (nSPS) is 15.9. The molecule has 1 fully saturated rings. The molecular formula is C13H15N3O5S2. The summed E-state index contributed by atoms with van der Waals surface area (Å²) < 4.78 is 36.5. The highest BCUT2D eigenvalue weighted by atomic mass is 32.2. The highest BCUT2D eigenvalue weighted by molar-refractivity contribution is 7.89. The Hall–Kier alpha value is -1.78. The standard InChI is InChI=1S/C13H15N3O5S2/c1-9-14-11(21-15-9)8-20-13(17)12-10(4-7-22-12)23(18,19)16-5-2-3-6-16/h4,7H,2-3,5-6,8H2,1H3. The summed E-state index contributed by atoms with van der Waals surface area (Å²) in [6, 6.07) is 1.44. The van der Waals surface area contributed by atoms with Gasteiger partial charge in [0.1, 0.15) is 9.77 Å². The number of aromatic nitrogens is 2. The maximum absolute atomic E-state index is 12.6. The molecule has 3 heterocycles. The summed E-state index contributed by atoms with van der Waals surface area (Å²) in [6.45, 7) is 2.41. The van der Waals surface area contributed by atoms with E-state index in [2.05, 4.69) is 10.1 Å². The lowest BCUT2D eigenvalue weighted by Gasteiger charge is -2.15. The number of carbonyl (C=O) groups is 1. The minimum atomic E-state index is -3.66. The maximum atomic E-state index is 12.6. The van der Waals surface area contributed by atoms with Gasteiger partial charge in [-0.1, -0.05) is 5.16 Å². The minimum Gasteiger partial charge on any atom is -0.451 e. The molecule has 0 amide bonds. The molecule has 0 spiro atoms. The summed E-state index contributed by atoms with van der Waals surface area (Å²) in [5.74, 6) is -0.116. The third-order valence-electron chi connectivity index (χ3n) is 3.39. The maximum Gasteiger partial charge on any atom is 0.350 e. The topological polar surface area (TPSA) is 103 Å². The number of carbonyl (C=O) groups excluding carboxylic acids is 1. The van der Waals surface area contributed by atoms with E-state index in [-0.39, 0.29) is 22.3 Å². The molecule has 2 aromatic rings. The van der Waals surface area contributed by atoms with Crippen molar-refractivity contribution in [3.05, 3.63) is 28.0 Å². The zero-order valence-electron chi connectivity index (χ0n) is 12.4. The van der Waals surface area contributed by atoms with Crippen LogP contribution in [0.4, 0.5) is 0 Å². The van der Waals surface area contributed by atoms with Gasteiger partial charge in [-0.25, -0.2) is 13.2 Å². The lowest BCUT2D eigenvalue weighted by molar-refractivity contribution is 0.0431. The van der Waals surface area contributed by atoms with E-state index in [0.29, 0.717) is 18.9 Å². The molecule has 0 bridgehead atoms. The first kappa shape index (κ1) is 16.1. The van der Waals surface area contributed by atoms with E-state index >= 15 is 0 Å². The van der Waals surface area contributed by atoms with Crippen LogP contribution in [-0.2, 0) is 21.4 Å². The molecule has 0 N–H and O–H groups in total. The zero-order chi connectivity index (χ0) is 16.4. The predicted octanol–water partition coefficient (Wildman–Crippen LogP) is 1.58. The Morgan fingerprint density at radius 3 is 2.83 bits per heavy atom. The van der Waals surface area contributed by atoms with Gasteiger partial charge in [0.25, 0.3) is 5.89 Å². The van der Waals surface area contributed by atoms with Gasteiger partial charge in [-0.2, -0.15) is 9.29 Å². The van der Waals surface area contributed by atoms with E-state index in [9.17, 15) is 13.2 Å². The van der Waals surface area contributed by atoms with Crippen LogP contribution in [0.2, 0.25) is 0 Å². The Morgan fingerprint density at radius 2 is 2.17 bits per heavy atom. The molecule has 124 valence electrons. The van der Waals surface area contributed by atoms with Crippen LogP contribution in [0.3, 0.4) is 0 Å². The van der Waals surface area contributed by atoms with Crippen molar-refractivity contribution < 1.29 is 22.5 Å². The van der Waals surface area contributed by atoms with Crippen LogP contribution in [0.5, 0.6) is 0 Å². The SMILES string of the molecule is Cc1noc(COC(=O)c2sccc2S(=O)(=O)N2CCCC2)n1. The molecule has 0 aliphatic carbocycles. The molecule has 23 heavy (non-hydrogen) atoms. The van der Waals surface area contributed by atoms with Crippen molar-refractivity contribution >= 4 is 27.3 Å². The van der Waals surface area contributed by atoms with Crippen molar-refractivity contribution in [2.45, 2.75) is 31.3 Å². The Morgan fingerprint density at radius 1 is 1.43 bits per heavy atom. The van der Waals surface area contributed by atoms with Crippen LogP contribution in [-0.4, -0.2) is 41.9 Å². The van der Waals surface area contributed by atoms with Crippen molar-refractivity contribution in [3.63, 3.8) is 0 Å². The summed E-state index contributed by atoms with van der Waals surface area (Å²) in [5.41, 5.74) is 0. The van der Waals surface area contributed by atoms with E-state index in [1.54, 1.807) is 12.3 Å². The highest BCUT2D eigenvalue weighted by Gasteiger charge is 2.32. The van der Waals surface area contributed by atoms with Crippen LogP contribution in [0.1, 0.15) is 34.2 Å². The zero-order valence-corrected chi connectivity index (χ0v) is 14.0. The largest absolute Gasteiger partial charge is 0.451 e. The molecule has 1 aliphatic heterocycles. The van der Waals surface area contributed by atoms with Crippen LogP contribution < -0.4 is 0 Å². The van der Waals surface area contributed by atoms with Crippen LogP contribution >= 0.6 is 11.3 Å². The molecule has 0 unspecified atom stereocenters. The Kier molecular flexibility index (Phi) is 4.46. The Bertz CT molecular complexity index is 805. The molecule has 1 saturated heterocycles. The van der Waals surface area contributed by atoms with Crippen molar-refractivity contribution in [1.29, 1.82) is 0 Å². The quantitative estimate of drug-likeness (QED) is 0.748. The number of hydrogen-bond acceptors (Lipinski definition) is 8. The van der Waals surface area contributed by atoms with Gasteiger partial charge < -0.3 is 9.26 Å². The summed E-state index contributed by atoms with van der Waals surface area (Å²) in [6.07, 6.45) is 1.67. The highest BCUT2D eigenvalue weighted by Crippen LogP contribution is 2.28. The number of rotatable bonds is 5. The number of aryl methyl sites for hydroxylation is 1. The molecule has 10 heteroatoms. The van der Waals surface area contributed by atoms with Gasteiger partial charge in [-0.3, -0.25) is 0 Å². The molecule has 0 saturated carbocycles. The second-order valence-corrected chi connectivity index (χ2v) is 7.86. The van der Waals surface area contributed by atoms with E-state index in [1.165, 1.54) is 10.4 Å². The minimum absolute atomic E-state index is 0.00360. The molecule has 2 aromatic heterocycles. The fraction of sp³-hybridized carbons (Fsp3) is 0.462. The first-order chi connectivity index (χ1) is 11.0. The lowest BCUT2D eigenvalue weighted by Crippen LogP contribution is -2.28. The summed E-state index contributed by atoms with van der Waals surface area (Å²) >= 11 is 1.04. The number of esters is 1. The fourth-order valence-electron chi connectivity index (χ4n) is 2.31. The first-order valence-electron chi connectivity index (χ1n) is 7.02. The van der Waals surface area contributed by atoms with E-state index in [0.717, 1.165) is 24.2 Å². The number of thiophene rings is 1. The molecule has 0 radical (unpaired) electrons. The van der Waals surface area contributed by atoms with Crippen LogP contribution in [0, 0.1) is 6.92 Å². The number of sulfonamides is 1. The molecule has 0 atom stereocenters. The van der Waals surface area contributed by atoms with Crippen molar-refractivity contribution in [2.24, 2.45) is 0 Å². The number of ether oxygens (including phenoxy) is 1. The lowest BCUT2D eigenvalue weighted by atomic mass is 10.4. The average molecular weight is 357 g/mol. The van der Waals surface area contributed by atoms with Crippen molar-refractivity contribution in [2.75, 3.05) is 13.1 Å². The average Bonchev–Trinajstić information content (AvgIpc) is 3.25. The van der Waals surface area contributed by atoms with Crippen LogP contribution in [0.15, 0.2) is 20.9 Å². The third kappa shape index (κ3) is 3.28. The smallest absolute Gasteiger partial charge is 0.350 e. The Labute approximate surface area is 137 Å². The first-order valence-corrected chi connectivity index (χ1v) is 9.34. The molecular weight excluding hydrogens is 342 g/mol. The Balaban J connectivity index is 1.76. The van der Waals surface area contributed by atoms with Gasteiger partial charge in [-0.15, -0.1) is 11.3 Å². The van der Waals surface area contributed by atoms with Gasteiger partial charge in [0.2, 0.25) is 10.0 Å². The van der Waals surface area contributed by atoms with Gasteiger partial charge in [-0.05, 0) is 31.2 Å². The second-order valence-electron chi connectivity index (χ2n) is 5.04. The van der Waals surface area contributed by atoms with Gasteiger partial charge in [0.05, 0.1) is 0 Å². The predicted molar refractivity (Wildman–Crippen MR) is 80.5 cm³/mol. The summed E-state index contributed by atoms with van der Waals surface area (Å²) in [5, 5.41) is 5.15. The monoisotopic (exact) mass is 357 g/mol. The number of nitrogens with zero attached hydrogens (tertiary/aromatic N) is 3. The van der Waals surface area contributed by atoms with E-state index in [1.807, 2.05) is 0 Å². The van der Waals surface area contributed by atoms with E-state index < -0.39 is 16.0 Å². The van der Waals surface area contributed by atoms with Gasteiger partial charge in [0.15, 0.2) is 12.4 Å².